The van der Waals surface area contributed by atoms with Gasteiger partial charge in [-0.3, -0.25) is 0 Å². The molecule has 4 nitrogen and oxygen atoms in total. The number of benzene rings is 1. The zero-order valence-corrected chi connectivity index (χ0v) is 14.3. The molecule has 0 aliphatic carbocycles. The largest absolute Gasteiger partial charge is 0.491 e. The standard InChI is InChI=1S/C17H19F6N3O/c18-16(19,20)11-24-4-7-25-5-1-6-26(25)14-9-12-8-13(17(21,22)23)2-3-15(12)27-10-14/h1-3,6,8,14,24H,4-5,7,9-11H2. The second-order valence-electron chi connectivity index (χ2n) is 6.46. The minimum atomic E-state index is -4.42. The van der Waals surface area contributed by atoms with E-state index in [0.717, 1.165) is 12.1 Å². The maximum atomic E-state index is 12.9. The monoisotopic (exact) mass is 395 g/mol. The zero-order valence-electron chi connectivity index (χ0n) is 14.3. The molecular formula is C17H19F6N3O. The van der Waals surface area contributed by atoms with Crippen molar-refractivity contribution in [3.8, 4) is 5.75 Å². The summed E-state index contributed by atoms with van der Waals surface area (Å²) in [5, 5.41) is 6.01. The van der Waals surface area contributed by atoms with E-state index in [4.69, 9.17) is 4.74 Å². The fourth-order valence-corrected chi connectivity index (χ4v) is 3.19. The summed E-state index contributed by atoms with van der Waals surface area (Å²) in [6, 6.07) is 3.19. The summed E-state index contributed by atoms with van der Waals surface area (Å²) in [5.41, 5.74) is -0.257. The van der Waals surface area contributed by atoms with E-state index in [1.807, 2.05) is 16.1 Å². The number of nitrogens with zero attached hydrogens (tertiary/aromatic N) is 2. The fraction of sp³-hybridized carbons (Fsp3) is 0.529. The zero-order chi connectivity index (χ0) is 19.7. The number of hydrogen-bond acceptors (Lipinski definition) is 4. The third kappa shape index (κ3) is 5.07. The molecule has 1 unspecified atom stereocenters. The van der Waals surface area contributed by atoms with Gasteiger partial charge in [0, 0.05) is 32.3 Å². The molecule has 1 atom stereocenters. The van der Waals surface area contributed by atoms with Crippen LogP contribution in [0.3, 0.4) is 0 Å². The van der Waals surface area contributed by atoms with Crippen LogP contribution in [0.15, 0.2) is 30.5 Å². The van der Waals surface area contributed by atoms with Crippen molar-refractivity contribution in [3.63, 3.8) is 0 Å². The predicted molar refractivity (Wildman–Crippen MR) is 85.9 cm³/mol. The van der Waals surface area contributed by atoms with E-state index in [1.165, 1.54) is 6.07 Å². The summed E-state index contributed by atoms with van der Waals surface area (Å²) < 4.78 is 80.9. The SMILES string of the molecule is FC(F)(F)CNCCN1CC=CN1C1COc2ccc(C(F)(F)F)cc2C1. The summed E-state index contributed by atoms with van der Waals surface area (Å²) in [6.45, 7) is 0.234. The Bertz CT molecular complexity index is 688. The Labute approximate surface area is 152 Å². The van der Waals surface area contributed by atoms with Gasteiger partial charge in [0.15, 0.2) is 0 Å². The van der Waals surface area contributed by atoms with Crippen molar-refractivity contribution < 1.29 is 31.1 Å². The van der Waals surface area contributed by atoms with Crippen LogP contribution in [-0.2, 0) is 12.6 Å². The van der Waals surface area contributed by atoms with Gasteiger partial charge >= 0.3 is 12.4 Å². The van der Waals surface area contributed by atoms with Gasteiger partial charge in [-0.25, -0.2) is 5.01 Å². The van der Waals surface area contributed by atoms with Crippen molar-refractivity contribution in [2.24, 2.45) is 0 Å². The van der Waals surface area contributed by atoms with Gasteiger partial charge in [-0.2, -0.15) is 26.3 Å². The lowest BCUT2D eigenvalue weighted by Gasteiger charge is -2.38. The molecular weight excluding hydrogens is 376 g/mol. The Morgan fingerprint density at radius 1 is 1.15 bits per heavy atom. The molecule has 1 aromatic rings. The van der Waals surface area contributed by atoms with Gasteiger partial charge < -0.3 is 15.1 Å². The number of halogens is 6. The molecule has 0 spiro atoms. The summed E-state index contributed by atoms with van der Waals surface area (Å²) in [6.07, 6.45) is -4.69. The topological polar surface area (TPSA) is 27.7 Å². The highest BCUT2D eigenvalue weighted by molar-refractivity contribution is 5.40. The van der Waals surface area contributed by atoms with E-state index in [1.54, 1.807) is 6.20 Å². The summed E-state index contributed by atoms with van der Waals surface area (Å²) in [5.74, 6) is 0.431. The van der Waals surface area contributed by atoms with Crippen molar-refractivity contribution in [1.82, 2.24) is 15.3 Å². The maximum absolute atomic E-state index is 12.9. The first-order chi connectivity index (χ1) is 12.6. The first-order valence-corrected chi connectivity index (χ1v) is 8.44. The molecule has 0 aromatic heterocycles. The number of nitrogens with one attached hydrogen (secondary N) is 1. The van der Waals surface area contributed by atoms with E-state index < -0.39 is 24.5 Å². The molecule has 1 aromatic carbocycles. The third-order valence-corrected chi connectivity index (χ3v) is 4.42. The van der Waals surface area contributed by atoms with Crippen LogP contribution in [0.5, 0.6) is 5.75 Å². The predicted octanol–water partition coefficient (Wildman–Crippen LogP) is 3.21. The average molecular weight is 395 g/mol. The molecule has 3 rings (SSSR count). The van der Waals surface area contributed by atoms with Gasteiger partial charge in [-0.1, -0.05) is 6.08 Å². The number of hydrazine groups is 1. The van der Waals surface area contributed by atoms with Crippen molar-refractivity contribution in [2.45, 2.75) is 24.8 Å². The van der Waals surface area contributed by atoms with Crippen LogP contribution < -0.4 is 10.1 Å². The molecule has 0 bridgehead atoms. The lowest BCUT2D eigenvalue weighted by Crippen LogP contribution is -2.49. The first-order valence-electron chi connectivity index (χ1n) is 8.44. The molecule has 10 heteroatoms. The van der Waals surface area contributed by atoms with Crippen LogP contribution in [0, 0.1) is 0 Å². The molecule has 2 aliphatic heterocycles. The quantitative estimate of drug-likeness (QED) is 0.612. The maximum Gasteiger partial charge on any atom is 0.416 e. The average Bonchev–Trinajstić information content (AvgIpc) is 3.04. The van der Waals surface area contributed by atoms with E-state index in [9.17, 15) is 26.3 Å². The minimum Gasteiger partial charge on any atom is -0.491 e. The molecule has 2 heterocycles. The second-order valence-corrected chi connectivity index (χ2v) is 6.46. The van der Waals surface area contributed by atoms with Crippen LogP contribution in [0.2, 0.25) is 0 Å². The lowest BCUT2D eigenvalue weighted by atomic mass is 10.00. The summed E-state index contributed by atoms with van der Waals surface area (Å²) in [7, 11) is 0. The molecule has 0 saturated heterocycles. The van der Waals surface area contributed by atoms with Crippen LogP contribution in [0.1, 0.15) is 11.1 Å². The number of ether oxygens (including phenoxy) is 1. The van der Waals surface area contributed by atoms with E-state index in [-0.39, 0.29) is 19.2 Å². The number of fused-ring (bicyclic) bond motifs is 1. The molecule has 150 valence electrons. The van der Waals surface area contributed by atoms with Crippen molar-refractivity contribution in [3.05, 3.63) is 41.6 Å². The fourth-order valence-electron chi connectivity index (χ4n) is 3.19. The summed E-state index contributed by atoms with van der Waals surface area (Å²) in [4.78, 5) is 0. The van der Waals surface area contributed by atoms with Crippen LogP contribution in [0.4, 0.5) is 26.3 Å². The first kappa shape index (κ1) is 19.8. The number of rotatable bonds is 5. The Morgan fingerprint density at radius 3 is 2.63 bits per heavy atom. The van der Waals surface area contributed by atoms with Crippen molar-refractivity contribution >= 4 is 0 Å². The smallest absolute Gasteiger partial charge is 0.416 e. The number of alkyl halides is 6. The second kappa shape index (κ2) is 7.59. The molecule has 0 radical (unpaired) electrons. The Kier molecular flexibility index (Phi) is 5.57. The molecule has 0 saturated carbocycles. The van der Waals surface area contributed by atoms with Crippen molar-refractivity contribution in [2.75, 3.05) is 32.8 Å². The highest BCUT2D eigenvalue weighted by Crippen LogP contribution is 2.35. The minimum absolute atomic E-state index is 0.139. The lowest BCUT2D eigenvalue weighted by molar-refractivity contribution is -0.137. The molecule has 27 heavy (non-hydrogen) atoms. The summed E-state index contributed by atoms with van der Waals surface area (Å²) >= 11 is 0. The molecule has 0 fully saturated rings. The normalized spacial score (nSPS) is 20.7. The van der Waals surface area contributed by atoms with Crippen LogP contribution in [-0.4, -0.2) is 55.0 Å². The van der Waals surface area contributed by atoms with Gasteiger partial charge in [-0.05, 0) is 23.8 Å². The van der Waals surface area contributed by atoms with Gasteiger partial charge in [0.25, 0.3) is 0 Å². The van der Waals surface area contributed by atoms with Crippen LogP contribution >= 0.6 is 0 Å². The van der Waals surface area contributed by atoms with E-state index in [2.05, 4.69) is 5.32 Å². The van der Waals surface area contributed by atoms with E-state index in [0.29, 0.717) is 30.8 Å². The van der Waals surface area contributed by atoms with Gasteiger partial charge in [-0.15, -0.1) is 0 Å². The highest BCUT2D eigenvalue weighted by Gasteiger charge is 2.34. The third-order valence-electron chi connectivity index (χ3n) is 4.42. The van der Waals surface area contributed by atoms with E-state index >= 15 is 0 Å². The molecule has 2 aliphatic rings. The number of hydrogen-bond donors (Lipinski definition) is 1. The van der Waals surface area contributed by atoms with Gasteiger partial charge in [0.05, 0.1) is 18.2 Å². The van der Waals surface area contributed by atoms with Crippen LogP contribution in [0.25, 0.3) is 0 Å². The Hall–Kier alpha value is -1.94. The van der Waals surface area contributed by atoms with Gasteiger partial charge in [0.2, 0.25) is 0 Å². The Morgan fingerprint density at radius 2 is 1.93 bits per heavy atom. The Balaban J connectivity index is 1.61. The van der Waals surface area contributed by atoms with Gasteiger partial charge in [0.1, 0.15) is 12.4 Å². The molecule has 1 N–H and O–H groups in total. The molecule has 0 amide bonds. The van der Waals surface area contributed by atoms with Crippen molar-refractivity contribution in [1.29, 1.82) is 0 Å². The highest BCUT2D eigenvalue weighted by atomic mass is 19.4.